The second-order valence-corrected chi connectivity index (χ2v) is 3.40. The summed E-state index contributed by atoms with van der Waals surface area (Å²) in [7, 11) is 0. The Balaban J connectivity index is 2.78. The predicted octanol–water partition coefficient (Wildman–Crippen LogP) is 2.37. The largest absolute Gasteiger partial charge is 0.311 e. The normalized spacial score (nSPS) is 10.4. The number of hydrogen-bond acceptors (Lipinski definition) is 2. The van der Waals surface area contributed by atoms with Gasteiger partial charge in [-0.3, -0.25) is 4.79 Å². The first kappa shape index (κ1) is 10.8. The standard InChI is InChI=1S/C10H5ClF2N2O/c11-5-2-1-3-6(12)7(5)9-8(13)10(16)15-4-14-9/h1-4H,(H,14,15,16). The Morgan fingerprint density at radius 1 is 1.31 bits per heavy atom. The van der Waals surface area contributed by atoms with Crippen molar-refractivity contribution in [1.29, 1.82) is 0 Å². The number of halogens is 3. The van der Waals surface area contributed by atoms with Crippen molar-refractivity contribution < 1.29 is 8.78 Å². The first-order valence-corrected chi connectivity index (χ1v) is 4.66. The van der Waals surface area contributed by atoms with Gasteiger partial charge in [-0.15, -0.1) is 0 Å². The summed E-state index contributed by atoms with van der Waals surface area (Å²) in [6.07, 6.45) is 0.990. The molecule has 0 aliphatic heterocycles. The van der Waals surface area contributed by atoms with Crippen molar-refractivity contribution in [2.75, 3.05) is 0 Å². The van der Waals surface area contributed by atoms with Crippen LogP contribution in [0.4, 0.5) is 8.78 Å². The van der Waals surface area contributed by atoms with Gasteiger partial charge in [0.25, 0.3) is 5.56 Å². The average molecular weight is 243 g/mol. The molecule has 0 fully saturated rings. The lowest BCUT2D eigenvalue weighted by Crippen LogP contribution is -2.13. The highest BCUT2D eigenvalue weighted by Crippen LogP contribution is 2.29. The van der Waals surface area contributed by atoms with E-state index in [0.29, 0.717) is 0 Å². The van der Waals surface area contributed by atoms with Crippen molar-refractivity contribution in [3.63, 3.8) is 0 Å². The number of benzene rings is 1. The number of rotatable bonds is 1. The zero-order valence-electron chi connectivity index (χ0n) is 7.80. The minimum absolute atomic E-state index is 0.00278. The van der Waals surface area contributed by atoms with E-state index in [1.54, 1.807) is 0 Å². The van der Waals surface area contributed by atoms with Crippen LogP contribution < -0.4 is 5.56 Å². The van der Waals surface area contributed by atoms with Gasteiger partial charge in [-0.2, -0.15) is 4.39 Å². The second kappa shape index (κ2) is 4.02. The third-order valence-corrected chi connectivity index (χ3v) is 2.31. The molecule has 82 valence electrons. The smallest absolute Gasteiger partial charge is 0.287 e. The number of aromatic nitrogens is 2. The molecule has 0 amide bonds. The van der Waals surface area contributed by atoms with Crippen LogP contribution in [0.3, 0.4) is 0 Å². The van der Waals surface area contributed by atoms with Gasteiger partial charge in [-0.05, 0) is 12.1 Å². The van der Waals surface area contributed by atoms with Gasteiger partial charge < -0.3 is 4.98 Å². The van der Waals surface area contributed by atoms with Crippen LogP contribution in [-0.4, -0.2) is 9.97 Å². The van der Waals surface area contributed by atoms with E-state index < -0.39 is 22.9 Å². The lowest BCUT2D eigenvalue weighted by Gasteiger charge is -2.04. The summed E-state index contributed by atoms with van der Waals surface area (Å²) in [5, 5.41) is -0.00278. The van der Waals surface area contributed by atoms with E-state index in [2.05, 4.69) is 4.98 Å². The molecule has 2 rings (SSSR count). The highest BCUT2D eigenvalue weighted by molar-refractivity contribution is 6.33. The molecule has 0 aliphatic carbocycles. The summed E-state index contributed by atoms with van der Waals surface area (Å²) in [4.78, 5) is 16.6. The number of nitrogens with one attached hydrogen (secondary N) is 1. The third-order valence-electron chi connectivity index (χ3n) is 2.00. The van der Waals surface area contributed by atoms with Crippen molar-refractivity contribution in [3.05, 3.63) is 51.5 Å². The summed E-state index contributed by atoms with van der Waals surface area (Å²) in [6.45, 7) is 0. The topological polar surface area (TPSA) is 45.8 Å². The van der Waals surface area contributed by atoms with Crippen LogP contribution in [0, 0.1) is 11.6 Å². The number of H-pyrrole nitrogens is 1. The summed E-state index contributed by atoms with van der Waals surface area (Å²) in [5.74, 6) is -1.89. The summed E-state index contributed by atoms with van der Waals surface area (Å²) < 4.78 is 26.9. The van der Waals surface area contributed by atoms with Gasteiger partial charge in [-0.25, -0.2) is 9.37 Å². The maximum atomic E-state index is 13.4. The lowest BCUT2D eigenvalue weighted by molar-refractivity contribution is 0.596. The van der Waals surface area contributed by atoms with Gasteiger partial charge in [0.2, 0.25) is 5.82 Å². The first-order chi connectivity index (χ1) is 7.61. The molecule has 6 heteroatoms. The molecule has 0 saturated carbocycles. The second-order valence-electron chi connectivity index (χ2n) is 2.99. The SMILES string of the molecule is O=c1[nH]cnc(-c2c(F)cccc2Cl)c1F. The Morgan fingerprint density at radius 2 is 2.06 bits per heavy atom. The molecule has 2 aromatic rings. The molecule has 1 aromatic heterocycles. The average Bonchev–Trinajstić information content (AvgIpc) is 2.24. The Labute approximate surface area is 93.7 Å². The number of aromatic amines is 1. The molecular formula is C10H5ClF2N2O. The Morgan fingerprint density at radius 3 is 2.75 bits per heavy atom. The predicted molar refractivity (Wildman–Crippen MR) is 55.2 cm³/mol. The molecule has 0 bridgehead atoms. The van der Waals surface area contributed by atoms with Gasteiger partial charge in [0.15, 0.2) is 0 Å². The molecular weight excluding hydrogens is 238 g/mol. The Kier molecular flexibility index (Phi) is 2.70. The quantitative estimate of drug-likeness (QED) is 0.834. The minimum Gasteiger partial charge on any atom is -0.311 e. The van der Waals surface area contributed by atoms with Crippen LogP contribution in [0.5, 0.6) is 0 Å². The molecule has 0 spiro atoms. The molecule has 0 saturated heterocycles. The summed E-state index contributed by atoms with van der Waals surface area (Å²) in [6, 6.07) is 3.89. The number of nitrogens with zero attached hydrogens (tertiary/aromatic N) is 1. The Bertz CT molecular complexity index is 577. The fraction of sp³-hybridized carbons (Fsp3) is 0. The fourth-order valence-electron chi connectivity index (χ4n) is 1.28. The highest BCUT2D eigenvalue weighted by Gasteiger charge is 2.17. The van der Waals surface area contributed by atoms with Gasteiger partial charge in [0, 0.05) is 0 Å². The zero-order valence-corrected chi connectivity index (χ0v) is 8.55. The molecule has 3 nitrogen and oxygen atoms in total. The van der Waals surface area contributed by atoms with Gasteiger partial charge in [-0.1, -0.05) is 17.7 Å². The number of hydrogen-bond donors (Lipinski definition) is 1. The van der Waals surface area contributed by atoms with E-state index in [9.17, 15) is 13.6 Å². The molecule has 1 heterocycles. The molecule has 0 atom stereocenters. The molecule has 1 aromatic carbocycles. The molecule has 0 aliphatic rings. The molecule has 0 radical (unpaired) electrons. The van der Waals surface area contributed by atoms with Crippen molar-refractivity contribution in [1.82, 2.24) is 9.97 Å². The molecule has 16 heavy (non-hydrogen) atoms. The van der Waals surface area contributed by atoms with E-state index in [1.165, 1.54) is 12.1 Å². The minimum atomic E-state index is -1.16. The van der Waals surface area contributed by atoms with Gasteiger partial charge in [0.1, 0.15) is 11.5 Å². The van der Waals surface area contributed by atoms with Gasteiger partial charge in [0.05, 0.1) is 16.9 Å². The zero-order chi connectivity index (χ0) is 11.7. The van der Waals surface area contributed by atoms with Gasteiger partial charge >= 0.3 is 0 Å². The van der Waals surface area contributed by atoms with Crippen LogP contribution in [-0.2, 0) is 0 Å². The fourth-order valence-corrected chi connectivity index (χ4v) is 1.53. The van der Waals surface area contributed by atoms with E-state index in [-0.39, 0.29) is 10.6 Å². The maximum Gasteiger partial charge on any atom is 0.287 e. The first-order valence-electron chi connectivity index (χ1n) is 4.29. The van der Waals surface area contributed by atoms with Crippen LogP contribution in [0.25, 0.3) is 11.3 Å². The van der Waals surface area contributed by atoms with Crippen molar-refractivity contribution in [2.24, 2.45) is 0 Å². The summed E-state index contributed by atoms with van der Waals surface area (Å²) >= 11 is 5.73. The Hall–Kier alpha value is -1.75. The van der Waals surface area contributed by atoms with Crippen molar-refractivity contribution in [2.45, 2.75) is 0 Å². The lowest BCUT2D eigenvalue weighted by atomic mass is 10.1. The molecule has 0 unspecified atom stereocenters. The van der Waals surface area contributed by atoms with Crippen LogP contribution in [0.2, 0.25) is 5.02 Å². The van der Waals surface area contributed by atoms with Crippen molar-refractivity contribution in [3.8, 4) is 11.3 Å². The highest BCUT2D eigenvalue weighted by atomic mass is 35.5. The van der Waals surface area contributed by atoms with E-state index >= 15 is 0 Å². The molecule has 1 N–H and O–H groups in total. The van der Waals surface area contributed by atoms with Crippen LogP contribution in [0.15, 0.2) is 29.3 Å². The van der Waals surface area contributed by atoms with Crippen LogP contribution >= 0.6 is 11.6 Å². The van der Waals surface area contributed by atoms with E-state index in [0.717, 1.165) is 12.4 Å². The van der Waals surface area contributed by atoms with Crippen LogP contribution in [0.1, 0.15) is 0 Å². The monoisotopic (exact) mass is 242 g/mol. The third kappa shape index (κ3) is 1.69. The van der Waals surface area contributed by atoms with Crippen molar-refractivity contribution >= 4 is 11.6 Å². The summed E-state index contributed by atoms with van der Waals surface area (Å²) in [5.41, 5.74) is -1.58. The van der Waals surface area contributed by atoms with E-state index in [4.69, 9.17) is 11.6 Å². The van der Waals surface area contributed by atoms with E-state index in [1.807, 2.05) is 4.98 Å². The maximum absolute atomic E-state index is 13.4.